The predicted octanol–water partition coefficient (Wildman–Crippen LogP) is 4.36. The van der Waals surface area contributed by atoms with E-state index in [1.807, 2.05) is 30.3 Å². The minimum absolute atomic E-state index is 0.00822. The highest BCUT2D eigenvalue weighted by Crippen LogP contribution is 2.53. The van der Waals surface area contributed by atoms with E-state index < -0.39 is 23.0 Å². The molecule has 2 saturated carbocycles. The number of carbonyl (C=O) groups is 2. The topological polar surface area (TPSA) is 76.7 Å². The summed E-state index contributed by atoms with van der Waals surface area (Å²) in [6, 6.07) is 13.5. The van der Waals surface area contributed by atoms with Gasteiger partial charge in [-0.1, -0.05) is 41.9 Å². The zero-order valence-corrected chi connectivity index (χ0v) is 17.7. The number of halogens is 2. The number of amides is 2. The molecule has 0 aromatic heterocycles. The fourth-order valence-electron chi connectivity index (χ4n) is 4.61. The van der Waals surface area contributed by atoms with E-state index in [0.717, 1.165) is 43.7 Å². The molecule has 0 heterocycles. The van der Waals surface area contributed by atoms with Crippen molar-refractivity contribution in [2.24, 2.45) is 0 Å². The van der Waals surface area contributed by atoms with E-state index in [2.05, 4.69) is 10.6 Å². The highest BCUT2D eigenvalue weighted by atomic mass is 35.5. The van der Waals surface area contributed by atoms with Crippen molar-refractivity contribution in [3.05, 3.63) is 64.9 Å². The van der Waals surface area contributed by atoms with Gasteiger partial charge in [0.05, 0.1) is 16.1 Å². The summed E-state index contributed by atoms with van der Waals surface area (Å²) in [6.45, 7) is -0.0645. The van der Waals surface area contributed by atoms with Crippen LogP contribution in [-0.4, -0.2) is 29.7 Å². The van der Waals surface area contributed by atoms with Gasteiger partial charge in [-0.25, -0.2) is 9.18 Å². The zero-order chi connectivity index (χ0) is 21.9. The van der Waals surface area contributed by atoms with E-state index in [1.54, 1.807) is 0 Å². The maximum Gasteiger partial charge on any atom is 0.407 e. The maximum atomic E-state index is 13.5. The Morgan fingerprint density at radius 1 is 1.00 bits per heavy atom. The second kappa shape index (κ2) is 8.75. The molecule has 2 aromatic rings. The second-order valence-corrected chi connectivity index (χ2v) is 8.52. The van der Waals surface area contributed by atoms with Gasteiger partial charge in [-0.2, -0.15) is 0 Å². The van der Waals surface area contributed by atoms with Crippen LogP contribution in [0, 0.1) is 5.82 Å². The van der Waals surface area contributed by atoms with Crippen LogP contribution in [0.4, 0.5) is 9.18 Å². The van der Waals surface area contributed by atoms with E-state index in [4.69, 9.17) is 21.1 Å². The molecular weight excluding hydrogens is 423 g/mol. The van der Waals surface area contributed by atoms with Gasteiger partial charge in [0.25, 0.3) is 5.91 Å². The van der Waals surface area contributed by atoms with Crippen LogP contribution in [0.3, 0.4) is 0 Å². The van der Waals surface area contributed by atoms with Crippen LogP contribution in [-0.2, 0) is 16.1 Å². The van der Waals surface area contributed by atoms with Crippen molar-refractivity contribution in [2.45, 2.75) is 49.8 Å². The summed E-state index contributed by atoms with van der Waals surface area (Å²) in [7, 11) is 0. The molecule has 0 bridgehead atoms. The van der Waals surface area contributed by atoms with Gasteiger partial charge < -0.3 is 20.1 Å². The normalized spacial score (nSPS) is 23.9. The predicted molar refractivity (Wildman–Crippen MR) is 113 cm³/mol. The van der Waals surface area contributed by atoms with Gasteiger partial charge in [0.15, 0.2) is 6.61 Å². The van der Waals surface area contributed by atoms with Gasteiger partial charge in [-0.3, -0.25) is 4.79 Å². The van der Waals surface area contributed by atoms with E-state index in [-0.39, 0.29) is 29.9 Å². The van der Waals surface area contributed by atoms with Crippen molar-refractivity contribution in [1.82, 2.24) is 10.6 Å². The number of hydrogen-bond donors (Lipinski definition) is 2. The SMILES string of the molecule is O=C(COc1ccc(Cl)c(F)c1)NC12CCCC1(NC(=O)OCc1ccccc1)CC2. The number of benzene rings is 2. The minimum Gasteiger partial charge on any atom is -0.484 e. The standard InChI is InChI=1S/C23H24ClFN2O4/c24-18-8-7-17(13-19(18)25)30-15-20(28)26-22-9-4-10-23(22,12-11-22)27-21(29)31-14-16-5-2-1-3-6-16/h1-3,5-8,13H,4,9-12,14-15H2,(H,26,28)(H,27,29). The Balaban J connectivity index is 1.32. The number of ether oxygens (including phenoxy) is 2. The molecule has 2 aliphatic carbocycles. The lowest BCUT2D eigenvalue weighted by Gasteiger charge is -2.55. The number of carbonyl (C=O) groups excluding carboxylic acids is 2. The number of nitrogens with one attached hydrogen (secondary N) is 2. The first kappa shape index (κ1) is 21.4. The van der Waals surface area contributed by atoms with Crippen molar-refractivity contribution in [2.75, 3.05) is 6.61 Å². The molecule has 0 radical (unpaired) electrons. The first-order valence-corrected chi connectivity index (χ1v) is 10.7. The van der Waals surface area contributed by atoms with Gasteiger partial charge >= 0.3 is 6.09 Å². The van der Waals surface area contributed by atoms with Crippen LogP contribution >= 0.6 is 11.6 Å². The lowest BCUT2D eigenvalue weighted by Crippen LogP contribution is -2.75. The third-order valence-corrected chi connectivity index (χ3v) is 6.60. The number of rotatable bonds is 7. The average molecular weight is 447 g/mol. The van der Waals surface area contributed by atoms with Crippen molar-refractivity contribution in [3.8, 4) is 5.75 Å². The fourth-order valence-corrected chi connectivity index (χ4v) is 4.73. The summed E-state index contributed by atoms with van der Waals surface area (Å²) >= 11 is 5.66. The largest absolute Gasteiger partial charge is 0.484 e. The highest BCUT2D eigenvalue weighted by molar-refractivity contribution is 6.30. The van der Waals surface area contributed by atoms with Crippen molar-refractivity contribution in [3.63, 3.8) is 0 Å². The molecule has 164 valence electrons. The lowest BCUT2D eigenvalue weighted by atomic mass is 9.62. The molecule has 0 aliphatic heterocycles. The van der Waals surface area contributed by atoms with Crippen molar-refractivity contribution in [1.29, 1.82) is 0 Å². The first-order valence-electron chi connectivity index (χ1n) is 10.3. The zero-order valence-electron chi connectivity index (χ0n) is 17.0. The molecule has 0 spiro atoms. The van der Waals surface area contributed by atoms with Gasteiger partial charge in [0.2, 0.25) is 0 Å². The Morgan fingerprint density at radius 3 is 2.39 bits per heavy atom. The van der Waals surface area contributed by atoms with Crippen LogP contribution in [0.1, 0.15) is 37.7 Å². The molecule has 2 fully saturated rings. The van der Waals surface area contributed by atoms with Crippen LogP contribution in [0.15, 0.2) is 48.5 Å². The number of hydrogen-bond acceptors (Lipinski definition) is 4. The molecule has 2 aliphatic rings. The summed E-state index contributed by atoms with van der Waals surface area (Å²) < 4.78 is 24.3. The van der Waals surface area contributed by atoms with Crippen LogP contribution < -0.4 is 15.4 Å². The monoisotopic (exact) mass is 446 g/mol. The van der Waals surface area contributed by atoms with Crippen LogP contribution in [0.5, 0.6) is 5.75 Å². The fraction of sp³-hybridized carbons (Fsp3) is 0.391. The van der Waals surface area contributed by atoms with Crippen LogP contribution in [0.25, 0.3) is 0 Å². The number of alkyl carbamates (subject to hydrolysis) is 1. The summed E-state index contributed by atoms with van der Waals surface area (Å²) in [4.78, 5) is 25.0. The Morgan fingerprint density at radius 2 is 1.71 bits per heavy atom. The van der Waals surface area contributed by atoms with Gasteiger partial charge in [-0.05, 0) is 49.8 Å². The molecular formula is C23H24ClFN2O4. The highest BCUT2D eigenvalue weighted by Gasteiger charge is 2.63. The molecule has 6 nitrogen and oxygen atoms in total. The molecule has 4 rings (SSSR count). The van der Waals surface area contributed by atoms with E-state index in [1.165, 1.54) is 12.1 Å². The first-order chi connectivity index (χ1) is 14.9. The van der Waals surface area contributed by atoms with E-state index in [0.29, 0.717) is 0 Å². The molecule has 2 amide bonds. The maximum absolute atomic E-state index is 13.5. The Hall–Kier alpha value is -2.80. The lowest BCUT2D eigenvalue weighted by molar-refractivity contribution is -0.128. The van der Waals surface area contributed by atoms with E-state index in [9.17, 15) is 14.0 Å². The van der Waals surface area contributed by atoms with Crippen molar-refractivity contribution >= 4 is 23.6 Å². The Kier molecular flexibility index (Phi) is 6.05. The Labute approximate surface area is 185 Å². The summed E-state index contributed by atoms with van der Waals surface area (Å²) in [5.41, 5.74) is -0.113. The van der Waals surface area contributed by atoms with Gasteiger partial charge in [0.1, 0.15) is 18.2 Å². The quantitative estimate of drug-likeness (QED) is 0.662. The van der Waals surface area contributed by atoms with E-state index >= 15 is 0 Å². The summed E-state index contributed by atoms with van der Waals surface area (Å²) in [5.74, 6) is -0.700. The second-order valence-electron chi connectivity index (χ2n) is 8.12. The third kappa shape index (κ3) is 4.46. The average Bonchev–Trinajstić information content (AvgIpc) is 2.99. The molecule has 2 atom stereocenters. The molecule has 8 heteroatoms. The number of fused-ring (bicyclic) bond motifs is 1. The third-order valence-electron chi connectivity index (χ3n) is 6.30. The molecule has 0 saturated heterocycles. The van der Waals surface area contributed by atoms with Crippen molar-refractivity contribution < 1.29 is 23.5 Å². The van der Waals surface area contributed by atoms with Gasteiger partial charge in [0, 0.05) is 6.07 Å². The summed E-state index contributed by atoms with van der Waals surface area (Å²) in [6.07, 6.45) is 3.49. The minimum atomic E-state index is -0.606. The Bertz CT molecular complexity index is 973. The molecule has 31 heavy (non-hydrogen) atoms. The molecule has 2 unspecified atom stereocenters. The molecule has 2 aromatic carbocycles. The van der Waals surface area contributed by atoms with Gasteiger partial charge in [-0.15, -0.1) is 0 Å². The van der Waals surface area contributed by atoms with Crippen LogP contribution in [0.2, 0.25) is 5.02 Å². The smallest absolute Gasteiger partial charge is 0.407 e. The molecule has 2 N–H and O–H groups in total. The summed E-state index contributed by atoms with van der Waals surface area (Å²) in [5, 5.41) is 6.06.